The van der Waals surface area contributed by atoms with Crippen molar-refractivity contribution in [2.75, 3.05) is 6.54 Å². The lowest BCUT2D eigenvalue weighted by Crippen LogP contribution is -2.09. The van der Waals surface area contributed by atoms with Crippen LogP contribution in [-0.4, -0.2) is 24.2 Å². The number of benzene rings is 1. The number of hydrogen-bond acceptors (Lipinski definition) is 4. The van der Waals surface area contributed by atoms with Crippen molar-refractivity contribution in [3.05, 3.63) is 34.9 Å². The van der Waals surface area contributed by atoms with E-state index in [-0.39, 0.29) is 0 Å². The van der Waals surface area contributed by atoms with E-state index in [1.54, 1.807) is 13.1 Å². The molecule has 0 amide bonds. The molecule has 0 unspecified atom stereocenters. The number of hydrazone groups is 1. The fourth-order valence-electron chi connectivity index (χ4n) is 1.83. The van der Waals surface area contributed by atoms with E-state index in [0.29, 0.717) is 23.9 Å². The molecule has 0 heterocycles. The van der Waals surface area contributed by atoms with Crippen LogP contribution >= 0.6 is 0 Å². The smallest absolute Gasteiger partial charge is 0.108 e. The van der Waals surface area contributed by atoms with Gasteiger partial charge in [0, 0.05) is 29.0 Å². The minimum atomic E-state index is 0.360. The van der Waals surface area contributed by atoms with Crippen LogP contribution in [0.25, 0.3) is 0 Å². The third-order valence-corrected chi connectivity index (χ3v) is 3.19. The van der Waals surface area contributed by atoms with Gasteiger partial charge in [-0.25, -0.2) is 0 Å². The van der Waals surface area contributed by atoms with Gasteiger partial charge in [-0.1, -0.05) is 31.8 Å². The fourth-order valence-corrected chi connectivity index (χ4v) is 1.83. The molecule has 2 rings (SSSR count). The Labute approximate surface area is 139 Å². The summed E-state index contributed by atoms with van der Waals surface area (Å²) >= 11 is 0. The van der Waals surface area contributed by atoms with Crippen molar-refractivity contribution >= 4 is 17.6 Å². The average Bonchev–Trinajstić information content (AvgIpc) is 3.37. The van der Waals surface area contributed by atoms with E-state index < -0.39 is 0 Å². The number of nitrogens with zero attached hydrogens (tertiary/aromatic N) is 2. The second kappa shape index (κ2) is 9.58. The van der Waals surface area contributed by atoms with Gasteiger partial charge in [0.15, 0.2) is 0 Å². The summed E-state index contributed by atoms with van der Waals surface area (Å²) in [6.45, 7) is 8.09. The number of nitrogens with one attached hydrogen (secondary N) is 1. The van der Waals surface area contributed by atoms with Gasteiger partial charge in [-0.15, -0.1) is 0 Å². The lowest BCUT2D eigenvalue weighted by molar-refractivity contribution is 1.18. The molecule has 23 heavy (non-hydrogen) atoms. The zero-order valence-electron chi connectivity index (χ0n) is 14.5. The van der Waals surface area contributed by atoms with Crippen molar-refractivity contribution < 1.29 is 0 Å². The fraction of sp³-hybridized carbons (Fsp3) is 0.421. The highest BCUT2D eigenvalue weighted by Crippen LogP contribution is 2.27. The molecule has 1 aromatic carbocycles. The first-order valence-electron chi connectivity index (χ1n) is 8.04. The third-order valence-electron chi connectivity index (χ3n) is 3.19. The van der Waals surface area contributed by atoms with E-state index in [1.807, 2.05) is 39.0 Å². The van der Waals surface area contributed by atoms with Gasteiger partial charge in [0.05, 0.1) is 6.54 Å². The van der Waals surface area contributed by atoms with Gasteiger partial charge in [-0.2, -0.15) is 5.10 Å². The molecule has 1 aromatic rings. The van der Waals surface area contributed by atoms with E-state index in [1.165, 1.54) is 12.8 Å². The summed E-state index contributed by atoms with van der Waals surface area (Å²) in [6.07, 6.45) is 4.06. The summed E-state index contributed by atoms with van der Waals surface area (Å²) < 4.78 is 0. The number of rotatable bonds is 4. The summed E-state index contributed by atoms with van der Waals surface area (Å²) in [5.41, 5.74) is 4.10. The Hall–Kier alpha value is -2.41. The summed E-state index contributed by atoms with van der Waals surface area (Å²) in [4.78, 5) is 4.18. The lowest BCUT2D eigenvalue weighted by atomic mass is 10.0. The molecule has 4 heteroatoms. The predicted molar refractivity (Wildman–Crippen MR) is 99.6 cm³/mol. The van der Waals surface area contributed by atoms with Gasteiger partial charge in [-0.3, -0.25) is 4.99 Å². The number of aliphatic imine (C=N–C) groups is 1. The van der Waals surface area contributed by atoms with Crippen LogP contribution in [0.4, 0.5) is 0 Å². The van der Waals surface area contributed by atoms with Gasteiger partial charge >= 0.3 is 0 Å². The van der Waals surface area contributed by atoms with Crippen LogP contribution in [0.2, 0.25) is 0 Å². The zero-order valence-corrected chi connectivity index (χ0v) is 14.5. The highest BCUT2D eigenvalue weighted by Gasteiger charge is 2.17. The summed E-state index contributed by atoms with van der Waals surface area (Å²) in [6, 6.07) is 6.04. The normalized spacial score (nSPS) is 13.8. The van der Waals surface area contributed by atoms with Crippen molar-refractivity contribution in [3.8, 4) is 11.8 Å². The molecule has 4 nitrogen and oxygen atoms in total. The molecule has 1 aliphatic rings. The number of hydrogen-bond donors (Lipinski definition) is 2. The topological polar surface area (TPSA) is 74.6 Å². The Morgan fingerprint density at radius 3 is 2.65 bits per heavy atom. The maximum atomic E-state index is 7.37. The molecule has 0 atom stereocenters. The highest BCUT2D eigenvalue weighted by atomic mass is 15.1. The molecule has 122 valence electrons. The summed E-state index contributed by atoms with van der Waals surface area (Å²) in [5.74, 6) is 12.5. The Morgan fingerprint density at radius 1 is 1.39 bits per heavy atom. The van der Waals surface area contributed by atoms with E-state index >= 15 is 0 Å². The molecule has 0 bridgehead atoms. The standard InChI is InChI=1S/C17H20N4.C2H6/c1-12-3-4-15(8-7-14-5-6-14)9-16(12)17(21-19)11-20-10-13(2)18;1-2/h3-4,9,11,14,18H,5-6,10,19H2,1-2H3;1-2H3/b18-13?,20-11?,21-17+;. The molecular formula is C19H26N4. The molecule has 0 aromatic heterocycles. The van der Waals surface area contributed by atoms with Crippen molar-refractivity contribution in [1.82, 2.24) is 0 Å². The Balaban J connectivity index is 0.00000127. The Kier molecular flexibility index (Phi) is 7.76. The van der Waals surface area contributed by atoms with E-state index in [0.717, 1.165) is 16.7 Å². The van der Waals surface area contributed by atoms with Crippen LogP contribution in [0.15, 0.2) is 28.3 Å². The van der Waals surface area contributed by atoms with E-state index in [9.17, 15) is 0 Å². The van der Waals surface area contributed by atoms with Crippen LogP contribution in [0, 0.1) is 30.1 Å². The largest absolute Gasteiger partial charge is 0.323 e. The minimum Gasteiger partial charge on any atom is -0.323 e. The molecule has 1 saturated carbocycles. The zero-order chi connectivity index (χ0) is 17.2. The summed E-state index contributed by atoms with van der Waals surface area (Å²) in [5, 5.41) is 11.2. The van der Waals surface area contributed by atoms with Crippen molar-refractivity contribution in [3.63, 3.8) is 0 Å². The SMILES string of the molecule is CC.CC(=N)CN=C/C(=N\N)c1cc(C#CC2CC2)ccc1C. The first-order valence-corrected chi connectivity index (χ1v) is 8.04. The van der Waals surface area contributed by atoms with Crippen molar-refractivity contribution in [1.29, 1.82) is 5.41 Å². The highest BCUT2D eigenvalue weighted by molar-refractivity contribution is 6.38. The molecule has 1 fully saturated rings. The average molecular weight is 310 g/mol. The molecule has 1 aliphatic carbocycles. The lowest BCUT2D eigenvalue weighted by Gasteiger charge is -2.05. The van der Waals surface area contributed by atoms with Gasteiger partial charge in [-0.05, 0) is 44.4 Å². The predicted octanol–water partition coefficient (Wildman–Crippen LogP) is 3.56. The quantitative estimate of drug-likeness (QED) is 0.379. The van der Waals surface area contributed by atoms with Crippen molar-refractivity contribution in [2.45, 2.75) is 40.5 Å². The van der Waals surface area contributed by atoms with Crippen LogP contribution in [0.1, 0.15) is 50.3 Å². The maximum Gasteiger partial charge on any atom is 0.108 e. The Morgan fingerprint density at radius 2 is 2.09 bits per heavy atom. The first kappa shape index (κ1) is 18.6. The number of nitrogens with two attached hydrogens (primary N) is 1. The van der Waals surface area contributed by atoms with Crippen molar-refractivity contribution in [2.24, 2.45) is 21.9 Å². The molecule has 0 saturated heterocycles. The molecule has 0 spiro atoms. The second-order valence-electron chi connectivity index (χ2n) is 5.34. The first-order chi connectivity index (χ1) is 11.1. The van der Waals surface area contributed by atoms with Gasteiger partial charge in [0.2, 0.25) is 0 Å². The van der Waals surface area contributed by atoms with E-state index in [4.69, 9.17) is 11.3 Å². The maximum absolute atomic E-state index is 7.37. The molecule has 0 radical (unpaired) electrons. The monoisotopic (exact) mass is 310 g/mol. The molecule has 3 N–H and O–H groups in total. The van der Waals surface area contributed by atoms with Crippen LogP contribution in [0.3, 0.4) is 0 Å². The number of aryl methyl sites for hydroxylation is 1. The third kappa shape index (κ3) is 6.48. The van der Waals surface area contributed by atoms with Crippen LogP contribution < -0.4 is 5.84 Å². The Bertz CT molecular complexity index is 656. The van der Waals surface area contributed by atoms with Gasteiger partial charge < -0.3 is 11.3 Å². The van der Waals surface area contributed by atoms with Crippen LogP contribution in [0.5, 0.6) is 0 Å². The van der Waals surface area contributed by atoms with Gasteiger partial charge in [0.1, 0.15) is 5.71 Å². The second-order valence-corrected chi connectivity index (χ2v) is 5.34. The van der Waals surface area contributed by atoms with E-state index in [2.05, 4.69) is 21.9 Å². The molecular weight excluding hydrogens is 284 g/mol. The summed E-state index contributed by atoms with van der Waals surface area (Å²) in [7, 11) is 0. The minimum absolute atomic E-state index is 0.360. The van der Waals surface area contributed by atoms with Crippen LogP contribution in [-0.2, 0) is 0 Å². The van der Waals surface area contributed by atoms with Gasteiger partial charge in [0.25, 0.3) is 0 Å². The molecule has 0 aliphatic heterocycles.